The zero-order chi connectivity index (χ0) is 13.9. The first-order valence-corrected chi connectivity index (χ1v) is 6.82. The van der Waals surface area contributed by atoms with Gasteiger partial charge in [-0.15, -0.1) is 11.6 Å². The smallest absolute Gasteiger partial charge is 0.163 e. The van der Waals surface area contributed by atoms with Gasteiger partial charge in [0.05, 0.1) is 11.6 Å². The van der Waals surface area contributed by atoms with Gasteiger partial charge in [0.1, 0.15) is 12.1 Å². The van der Waals surface area contributed by atoms with Gasteiger partial charge in [0.2, 0.25) is 0 Å². The van der Waals surface area contributed by atoms with Crippen LogP contribution in [0.15, 0.2) is 36.8 Å². The van der Waals surface area contributed by atoms with Crippen molar-refractivity contribution in [1.29, 1.82) is 0 Å². The van der Waals surface area contributed by atoms with Crippen LogP contribution in [0.4, 0.5) is 5.82 Å². The molecule has 0 spiro atoms. The van der Waals surface area contributed by atoms with E-state index in [0.717, 1.165) is 22.4 Å². The Morgan fingerprint density at radius 2 is 2.10 bits per heavy atom. The van der Waals surface area contributed by atoms with Crippen LogP contribution in [0.3, 0.4) is 0 Å². The summed E-state index contributed by atoms with van der Waals surface area (Å²) < 4.78 is 1.73. The summed E-state index contributed by atoms with van der Waals surface area (Å²) in [4.78, 5) is 8.49. The molecule has 2 aromatic heterocycles. The molecule has 20 heavy (non-hydrogen) atoms. The summed E-state index contributed by atoms with van der Waals surface area (Å²) in [5.41, 5.74) is 3.09. The van der Waals surface area contributed by atoms with Crippen LogP contribution in [-0.2, 0) is 19.5 Å². The highest BCUT2D eigenvalue weighted by molar-refractivity contribution is 6.17. The van der Waals surface area contributed by atoms with E-state index in [9.17, 15) is 0 Å². The molecular formula is C14H14ClN5. The van der Waals surface area contributed by atoms with Gasteiger partial charge in [0, 0.05) is 19.5 Å². The average Bonchev–Trinajstić information content (AvgIpc) is 2.88. The Morgan fingerprint density at radius 3 is 2.95 bits per heavy atom. The fourth-order valence-corrected chi connectivity index (χ4v) is 2.28. The van der Waals surface area contributed by atoms with E-state index >= 15 is 0 Å². The Morgan fingerprint density at radius 1 is 1.25 bits per heavy atom. The van der Waals surface area contributed by atoms with Crippen molar-refractivity contribution < 1.29 is 0 Å². The van der Waals surface area contributed by atoms with Crippen LogP contribution < -0.4 is 5.32 Å². The van der Waals surface area contributed by atoms with Crippen LogP contribution >= 0.6 is 11.6 Å². The summed E-state index contributed by atoms with van der Waals surface area (Å²) in [7, 11) is 1.86. The van der Waals surface area contributed by atoms with E-state index in [4.69, 9.17) is 11.6 Å². The number of aryl methyl sites for hydroxylation is 1. The molecule has 0 unspecified atom stereocenters. The molecule has 6 heteroatoms. The first kappa shape index (κ1) is 12.9. The molecule has 0 saturated carbocycles. The van der Waals surface area contributed by atoms with E-state index in [1.165, 1.54) is 5.56 Å². The van der Waals surface area contributed by atoms with Crippen LogP contribution in [0.1, 0.15) is 11.1 Å². The highest BCUT2D eigenvalue weighted by Gasteiger charge is 2.07. The third-order valence-corrected chi connectivity index (χ3v) is 3.44. The highest BCUT2D eigenvalue weighted by atomic mass is 35.5. The molecule has 0 saturated heterocycles. The number of halogens is 1. The molecule has 0 atom stereocenters. The van der Waals surface area contributed by atoms with Gasteiger partial charge in [0.15, 0.2) is 5.65 Å². The number of nitrogens with zero attached hydrogens (tertiary/aromatic N) is 4. The van der Waals surface area contributed by atoms with E-state index in [-0.39, 0.29) is 0 Å². The minimum Gasteiger partial charge on any atom is -0.365 e. The standard InChI is InChI=1S/C14H14ClN5/c1-20-14-12(8-19-20)13(17-9-18-14)16-7-11-4-2-3-10(5-11)6-15/h2-5,8-9H,6-7H2,1H3,(H,16,17,18). The molecule has 5 nitrogen and oxygen atoms in total. The second kappa shape index (κ2) is 5.46. The monoisotopic (exact) mass is 287 g/mol. The number of anilines is 1. The van der Waals surface area contributed by atoms with Gasteiger partial charge in [-0.2, -0.15) is 5.10 Å². The van der Waals surface area contributed by atoms with Crippen molar-refractivity contribution in [1.82, 2.24) is 19.7 Å². The minimum atomic E-state index is 0.522. The molecule has 0 amide bonds. The van der Waals surface area contributed by atoms with Crippen molar-refractivity contribution >= 4 is 28.5 Å². The SMILES string of the molecule is Cn1ncc2c(NCc3cccc(CCl)c3)ncnc21. The van der Waals surface area contributed by atoms with Gasteiger partial charge in [-0.05, 0) is 11.1 Å². The van der Waals surface area contributed by atoms with Gasteiger partial charge in [0.25, 0.3) is 0 Å². The molecule has 2 heterocycles. The van der Waals surface area contributed by atoms with E-state index in [1.807, 2.05) is 19.2 Å². The molecule has 3 rings (SSSR count). The normalized spacial score (nSPS) is 10.9. The third-order valence-electron chi connectivity index (χ3n) is 3.14. The minimum absolute atomic E-state index is 0.522. The Balaban J connectivity index is 1.83. The largest absolute Gasteiger partial charge is 0.365 e. The van der Waals surface area contributed by atoms with Crippen LogP contribution in [0, 0.1) is 0 Å². The van der Waals surface area contributed by atoms with E-state index in [1.54, 1.807) is 17.2 Å². The number of fused-ring (bicyclic) bond motifs is 1. The Hall–Kier alpha value is -2.14. The number of alkyl halides is 1. The summed E-state index contributed by atoms with van der Waals surface area (Å²) >= 11 is 5.84. The van der Waals surface area contributed by atoms with E-state index in [2.05, 4.69) is 32.5 Å². The topological polar surface area (TPSA) is 55.6 Å². The molecule has 3 aromatic rings. The van der Waals surface area contributed by atoms with Crippen molar-refractivity contribution in [3.63, 3.8) is 0 Å². The molecule has 1 aromatic carbocycles. The molecule has 0 fully saturated rings. The Bertz CT molecular complexity index is 737. The first-order chi connectivity index (χ1) is 9.78. The number of aromatic nitrogens is 4. The molecule has 0 aliphatic heterocycles. The van der Waals surface area contributed by atoms with Crippen molar-refractivity contribution in [2.45, 2.75) is 12.4 Å². The number of hydrogen-bond acceptors (Lipinski definition) is 4. The second-order valence-electron chi connectivity index (χ2n) is 4.53. The first-order valence-electron chi connectivity index (χ1n) is 6.28. The maximum atomic E-state index is 5.84. The van der Waals surface area contributed by atoms with Crippen LogP contribution in [0.2, 0.25) is 0 Å². The lowest BCUT2D eigenvalue weighted by molar-refractivity contribution is 0.785. The Kier molecular flexibility index (Phi) is 3.52. The average molecular weight is 288 g/mol. The van der Waals surface area contributed by atoms with E-state index in [0.29, 0.717) is 12.4 Å². The molecule has 0 radical (unpaired) electrons. The number of hydrogen-bond donors (Lipinski definition) is 1. The van der Waals surface area contributed by atoms with Crippen LogP contribution in [0.25, 0.3) is 11.0 Å². The predicted octanol–water partition coefficient (Wildman–Crippen LogP) is 2.71. The molecule has 0 aliphatic rings. The van der Waals surface area contributed by atoms with Gasteiger partial charge in [-0.25, -0.2) is 9.97 Å². The third kappa shape index (κ3) is 2.44. The maximum Gasteiger partial charge on any atom is 0.163 e. The van der Waals surface area contributed by atoms with Gasteiger partial charge >= 0.3 is 0 Å². The molecule has 1 N–H and O–H groups in total. The lowest BCUT2D eigenvalue weighted by Gasteiger charge is -2.07. The fourth-order valence-electron chi connectivity index (χ4n) is 2.11. The predicted molar refractivity (Wildman–Crippen MR) is 79.6 cm³/mol. The molecule has 0 bridgehead atoms. The van der Waals surface area contributed by atoms with Crippen molar-refractivity contribution in [2.75, 3.05) is 5.32 Å². The number of nitrogens with one attached hydrogen (secondary N) is 1. The Labute approximate surface area is 121 Å². The summed E-state index contributed by atoms with van der Waals surface area (Å²) in [5.74, 6) is 1.31. The lowest BCUT2D eigenvalue weighted by Crippen LogP contribution is -2.03. The summed E-state index contributed by atoms with van der Waals surface area (Å²) in [6.45, 7) is 0.686. The van der Waals surface area contributed by atoms with Crippen molar-refractivity contribution in [3.8, 4) is 0 Å². The fraction of sp³-hybridized carbons (Fsp3) is 0.214. The maximum absolute atomic E-state index is 5.84. The van der Waals surface area contributed by atoms with Gasteiger partial charge in [-0.1, -0.05) is 24.3 Å². The lowest BCUT2D eigenvalue weighted by atomic mass is 10.1. The zero-order valence-corrected chi connectivity index (χ0v) is 11.8. The van der Waals surface area contributed by atoms with Crippen LogP contribution in [0.5, 0.6) is 0 Å². The van der Waals surface area contributed by atoms with Crippen LogP contribution in [-0.4, -0.2) is 19.7 Å². The van der Waals surface area contributed by atoms with E-state index < -0.39 is 0 Å². The van der Waals surface area contributed by atoms with Crippen molar-refractivity contribution in [3.05, 3.63) is 47.9 Å². The highest BCUT2D eigenvalue weighted by Crippen LogP contribution is 2.18. The summed E-state index contributed by atoms with van der Waals surface area (Å²) in [6.07, 6.45) is 3.31. The molecule has 0 aliphatic carbocycles. The zero-order valence-electron chi connectivity index (χ0n) is 11.0. The number of benzene rings is 1. The molecule has 102 valence electrons. The molecular weight excluding hydrogens is 274 g/mol. The van der Waals surface area contributed by atoms with Crippen molar-refractivity contribution in [2.24, 2.45) is 7.05 Å². The van der Waals surface area contributed by atoms with Gasteiger partial charge < -0.3 is 5.32 Å². The van der Waals surface area contributed by atoms with Gasteiger partial charge in [-0.3, -0.25) is 4.68 Å². The summed E-state index contributed by atoms with van der Waals surface area (Å²) in [5, 5.41) is 8.44. The number of rotatable bonds is 4. The second-order valence-corrected chi connectivity index (χ2v) is 4.80. The summed E-state index contributed by atoms with van der Waals surface area (Å²) in [6, 6.07) is 8.17. The quantitative estimate of drug-likeness (QED) is 0.750.